The van der Waals surface area contributed by atoms with E-state index in [9.17, 15) is 4.79 Å². The normalized spacial score (nSPS) is 10.6. The van der Waals surface area contributed by atoms with Crippen molar-refractivity contribution in [1.82, 2.24) is 14.5 Å². The van der Waals surface area contributed by atoms with Crippen LogP contribution in [-0.4, -0.2) is 33.5 Å². The molecule has 0 aliphatic heterocycles. The van der Waals surface area contributed by atoms with Crippen molar-refractivity contribution in [1.29, 1.82) is 0 Å². The number of hydrogen-bond acceptors (Lipinski definition) is 4. The SMILES string of the molecule is CCCCN(CC)c1ccc(C(=O)Nc2ccc(-n3ccnc3)nc2)cc1. The molecule has 0 saturated carbocycles. The first-order valence-electron chi connectivity index (χ1n) is 9.32. The molecule has 2 aromatic heterocycles. The molecule has 3 rings (SSSR count). The van der Waals surface area contributed by atoms with Gasteiger partial charge in [0.1, 0.15) is 12.1 Å². The van der Waals surface area contributed by atoms with Crippen LogP contribution in [0.25, 0.3) is 5.82 Å². The van der Waals surface area contributed by atoms with Gasteiger partial charge < -0.3 is 10.2 Å². The molecule has 3 aromatic rings. The summed E-state index contributed by atoms with van der Waals surface area (Å²) in [7, 11) is 0. The van der Waals surface area contributed by atoms with Crippen molar-refractivity contribution in [2.75, 3.05) is 23.3 Å². The second-order valence-corrected chi connectivity index (χ2v) is 6.31. The zero-order valence-electron chi connectivity index (χ0n) is 15.8. The second kappa shape index (κ2) is 8.98. The van der Waals surface area contributed by atoms with Crippen LogP contribution in [0.5, 0.6) is 0 Å². The number of rotatable bonds is 8. The first-order chi connectivity index (χ1) is 13.2. The number of amides is 1. The van der Waals surface area contributed by atoms with E-state index < -0.39 is 0 Å². The lowest BCUT2D eigenvalue weighted by molar-refractivity contribution is 0.102. The molecule has 6 heteroatoms. The fourth-order valence-electron chi connectivity index (χ4n) is 2.85. The molecule has 1 N–H and O–H groups in total. The molecule has 0 atom stereocenters. The molecule has 140 valence electrons. The molecule has 1 amide bonds. The van der Waals surface area contributed by atoms with Crippen LogP contribution in [0.1, 0.15) is 37.0 Å². The molecule has 1 aromatic carbocycles. The molecule has 0 radical (unpaired) electrons. The topological polar surface area (TPSA) is 63.1 Å². The van der Waals surface area contributed by atoms with Crippen LogP contribution >= 0.6 is 0 Å². The van der Waals surface area contributed by atoms with Gasteiger partial charge in [-0.15, -0.1) is 0 Å². The van der Waals surface area contributed by atoms with Crippen LogP contribution < -0.4 is 10.2 Å². The number of anilines is 2. The van der Waals surface area contributed by atoms with Gasteiger partial charge in [-0.1, -0.05) is 13.3 Å². The van der Waals surface area contributed by atoms with Crippen LogP contribution in [-0.2, 0) is 0 Å². The Balaban J connectivity index is 1.64. The highest BCUT2D eigenvalue weighted by Gasteiger charge is 2.09. The summed E-state index contributed by atoms with van der Waals surface area (Å²) in [5.41, 5.74) is 2.43. The fourth-order valence-corrected chi connectivity index (χ4v) is 2.85. The zero-order valence-corrected chi connectivity index (χ0v) is 15.8. The number of pyridine rings is 1. The molecule has 0 fully saturated rings. The molecule has 2 heterocycles. The third-order valence-electron chi connectivity index (χ3n) is 4.43. The number of nitrogens with one attached hydrogen (secondary N) is 1. The van der Waals surface area contributed by atoms with Gasteiger partial charge in [0.2, 0.25) is 0 Å². The molecule has 6 nitrogen and oxygen atoms in total. The maximum Gasteiger partial charge on any atom is 0.255 e. The van der Waals surface area contributed by atoms with Crippen molar-refractivity contribution in [2.24, 2.45) is 0 Å². The molecule has 0 unspecified atom stereocenters. The van der Waals surface area contributed by atoms with Gasteiger partial charge in [0.15, 0.2) is 0 Å². The average Bonchev–Trinajstić information content (AvgIpc) is 3.24. The number of imidazole rings is 1. The van der Waals surface area contributed by atoms with E-state index in [-0.39, 0.29) is 5.91 Å². The molecule has 0 aliphatic carbocycles. The van der Waals surface area contributed by atoms with Gasteiger partial charge in [0, 0.05) is 36.7 Å². The van der Waals surface area contributed by atoms with Crippen LogP contribution in [0.3, 0.4) is 0 Å². The predicted octanol–water partition coefficient (Wildman–Crippen LogP) is 4.15. The van der Waals surface area contributed by atoms with Crippen molar-refractivity contribution in [3.05, 3.63) is 66.9 Å². The van der Waals surface area contributed by atoms with E-state index in [4.69, 9.17) is 0 Å². The van der Waals surface area contributed by atoms with Gasteiger partial charge in [-0.05, 0) is 49.7 Å². The lowest BCUT2D eigenvalue weighted by Gasteiger charge is -2.23. The average molecular weight is 363 g/mol. The van der Waals surface area contributed by atoms with Gasteiger partial charge in [-0.25, -0.2) is 9.97 Å². The van der Waals surface area contributed by atoms with Gasteiger partial charge in [-0.2, -0.15) is 0 Å². The smallest absolute Gasteiger partial charge is 0.255 e. The number of aromatic nitrogens is 3. The quantitative estimate of drug-likeness (QED) is 0.653. The molecular weight excluding hydrogens is 338 g/mol. The Bertz CT molecular complexity index is 841. The van der Waals surface area contributed by atoms with Crippen LogP contribution in [0.4, 0.5) is 11.4 Å². The van der Waals surface area contributed by atoms with E-state index in [2.05, 4.69) is 34.0 Å². The maximum atomic E-state index is 12.5. The van der Waals surface area contributed by atoms with Crippen molar-refractivity contribution < 1.29 is 4.79 Å². The minimum absolute atomic E-state index is 0.143. The Labute approximate surface area is 159 Å². The van der Waals surface area contributed by atoms with E-state index in [0.29, 0.717) is 11.3 Å². The highest BCUT2D eigenvalue weighted by Crippen LogP contribution is 2.17. The summed E-state index contributed by atoms with van der Waals surface area (Å²) in [6, 6.07) is 11.4. The summed E-state index contributed by atoms with van der Waals surface area (Å²) in [6.07, 6.45) is 9.18. The van der Waals surface area contributed by atoms with Gasteiger partial charge in [0.25, 0.3) is 5.91 Å². The van der Waals surface area contributed by atoms with Crippen molar-refractivity contribution in [2.45, 2.75) is 26.7 Å². The summed E-state index contributed by atoms with van der Waals surface area (Å²) in [4.78, 5) is 23.2. The van der Waals surface area contributed by atoms with Crippen molar-refractivity contribution in [3.63, 3.8) is 0 Å². The largest absolute Gasteiger partial charge is 0.372 e. The highest BCUT2D eigenvalue weighted by atomic mass is 16.1. The Morgan fingerprint density at radius 3 is 2.56 bits per heavy atom. The van der Waals surface area contributed by atoms with Gasteiger partial charge in [0.05, 0.1) is 11.9 Å². The Hall–Kier alpha value is -3.15. The van der Waals surface area contributed by atoms with Gasteiger partial charge >= 0.3 is 0 Å². The van der Waals surface area contributed by atoms with Crippen LogP contribution in [0.15, 0.2) is 61.3 Å². The van der Waals surface area contributed by atoms with E-state index in [1.165, 1.54) is 6.42 Å². The summed E-state index contributed by atoms with van der Waals surface area (Å²) in [5, 5.41) is 2.89. The zero-order chi connectivity index (χ0) is 19.1. The first-order valence-corrected chi connectivity index (χ1v) is 9.32. The number of benzene rings is 1. The highest BCUT2D eigenvalue weighted by molar-refractivity contribution is 6.04. The molecule has 0 aliphatic rings. The molecule has 0 saturated heterocycles. The van der Waals surface area contributed by atoms with E-state index >= 15 is 0 Å². The van der Waals surface area contributed by atoms with E-state index in [0.717, 1.165) is 31.0 Å². The standard InChI is InChI=1S/C21H25N5O/c1-3-5-13-25(4-2)19-9-6-17(7-10-19)21(27)24-18-8-11-20(23-15-18)26-14-12-22-16-26/h6-12,14-16H,3-5,13H2,1-2H3,(H,24,27). The fraction of sp³-hybridized carbons (Fsp3) is 0.286. The summed E-state index contributed by atoms with van der Waals surface area (Å²) in [5.74, 6) is 0.608. The van der Waals surface area contributed by atoms with Gasteiger partial charge in [-0.3, -0.25) is 9.36 Å². The Morgan fingerprint density at radius 1 is 1.15 bits per heavy atom. The first kappa shape index (κ1) is 18.6. The Morgan fingerprint density at radius 2 is 1.96 bits per heavy atom. The third-order valence-corrected chi connectivity index (χ3v) is 4.43. The Kier molecular flexibility index (Phi) is 6.20. The molecular formula is C21H25N5O. The lowest BCUT2D eigenvalue weighted by Crippen LogP contribution is -2.23. The summed E-state index contributed by atoms with van der Waals surface area (Å²) < 4.78 is 1.81. The minimum atomic E-state index is -0.143. The molecule has 0 spiro atoms. The summed E-state index contributed by atoms with van der Waals surface area (Å²) in [6.45, 7) is 6.34. The van der Waals surface area contributed by atoms with E-state index in [1.54, 1.807) is 18.7 Å². The number of carbonyl (C=O) groups excluding carboxylic acids is 1. The molecule has 0 bridgehead atoms. The van der Waals surface area contributed by atoms with E-state index in [1.807, 2.05) is 47.2 Å². The van der Waals surface area contributed by atoms with Crippen molar-refractivity contribution in [3.8, 4) is 5.82 Å². The predicted molar refractivity (Wildman–Crippen MR) is 109 cm³/mol. The van der Waals surface area contributed by atoms with Crippen molar-refractivity contribution >= 4 is 17.3 Å². The number of nitrogens with zero attached hydrogens (tertiary/aromatic N) is 4. The monoisotopic (exact) mass is 363 g/mol. The maximum absolute atomic E-state index is 12.5. The van der Waals surface area contributed by atoms with Crippen LogP contribution in [0.2, 0.25) is 0 Å². The second-order valence-electron chi connectivity index (χ2n) is 6.31. The number of hydrogen-bond donors (Lipinski definition) is 1. The number of carbonyl (C=O) groups is 1. The minimum Gasteiger partial charge on any atom is -0.372 e. The third kappa shape index (κ3) is 4.73. The van der Waals surface area contributed by atoms with Crippen LogP contribution in [0, 0.1) is 0 Å². The molecule has 27 heavy (non-hydrogen) atoms. The number of unbranched alkanes of at least 4 members (excludes halogenated alkanes) is 1. The summed E-state index contributed by atoms with van der Waals surface area (Å²) >= 11 is 0. The lowest BCUT2D eigenvalue weighted by atomic mass is 10.1.